The van der Waals surface area contributed by atoms with E-state index in [1.807, 2.05) is 0 Å². The van der Waals surface area contributed by atoms with E-state index in [9.17, 15) is 13.2 Å². The Morgan fingerprint density at radius 3 is 2.43 bits per heavy atom. The zero-order chi connectivity index (χ0) is 16.3. The van der Waals surface area contributed by atoms with Crippen molar-refractivity contribution in [1.29, 1.82) is 0 Å². The molecule has 0 saturated heterocycles. The number of nitrogens with zero attached hydrogens (tertiary/aromatic N) is 1. The summed E-state index contributed by atoms with van der Waals surface area (Å²) in [4.78, 5) is 11.7. The van der Waals surface area contributed by atoms with Gasteiger partial charge in [-0.15, -0.1) is 11.3 Å². The molecule has 1 N–H and O–H groups in total. The van der Waals surface area contributed by atoms with Crippen LogP contribution in [-0.2, 0) is 16.6 Å². The van der Waals surface area contributed by atoms with E-state index >= 15 is 0 Å². The number of benzene rings is 1. The van der Waals surface area contributed by atoms with Gasteiger partial charge >= 0.3 is 0 Å². The van der Waals surface area contributed by atoms with E-state index in [0.717, 1.165) is 5.56 Å². The third-order valence-corrected chi connectivity index (χ3v) is 6.00. The normalized spacial score (nSPS) is 11.3. The molecular formula is C16H14N2O3S2. The van der Waals surface area contributed by atoms with Gasteiger partial charge in [-0.1, -0.05) is 24.3 Å². The predicted molar refractivity (Wildman–Crippen MR) is 91.4 cm³/mol. The van der Waals surface area contributed by atoms with Crippen LogP contribution in [-0.4, -0.2) is 13.0 Å². The van der Waals surface area contributed by atoms with Gasteiger partial charge in [0.25, 0.3) is 15.6 Å². The summed E-state index contributed by atoms with van der Waals surface area (Å²) >= 11 is 1.17. The third kappa shape index (κ3) is 3.69. The number of sulfonamides is 1. The predicted octanol–water partition coefficient (Wildman–Crippen LogP) is 2.76. The molecule has 0 bridgehead atoms. The van der Waals surface area contributed by atoms with Gasteiger partial charge in [0.05, 0.1) is 6.54 Å². The van der Waals surface area contributed by atoms with Crippen molar-refractivity contribution >= 4 is 27.0 Å². The number of hydrogen-bond acceptors (Lipinski definition) is 4. The van der Waals surface area contributed by atoms with Crippen LogP contribution in [0.1, 0.15) is 5.56 Å². The summed E-state index contributed by atoms with van der Waals surface area (Å²) in [5, 5.41) is 1.72. The van der Waals surface area contributed by atoms with Gasteiger partial charge in [-0.05, 0) is 35.2 Å². The summed E-state index contributed by atoms with van der Waals surface area (Å²) in [6.07, 6.45) is 1.72. The lowest BCUT2D eigenvalue weighted by molar-refractivity contribution is 0.603. The number of aromatic nitrogens is 1. The Morgan fingerprint density at radius 1 is 1.00 bits per heavy atom. The molecule has 5 nitrogen and oxygen atoms in total. The third-order valence-electron chi connectivity index (χ3n) is 3.22. The molecule has 118 valence electrons. The second kappa shape index (κ2) is 6.39. The van der Waals surface area contributed by atoms with E-state index in [0.29, 0.717) is 12.2 Å². The first-order valence-corrected chi connectivity index (χ1v) is 9.22. The van der Waals surface area contributed by atoms with Gasteiger partial charge in [0.2, 0.25) is 0 Å². The Hall–Kier alpha value is -2.38. The van der Waals surface area contributed by atoms with Gasteiger partial charge in [0, 0.05) is 18.0 Å². The van der Waals surface area contributed by atoms with Gasteiger partial charge < -0.3 is 4.57 Å². The summed E-state index contributed by atoms with van der Waals surface area (Å²) in [6.45, 7) is 0.442. The molecule has 7 heteroatoms. The highest BCUT2D eigenvalue weighted by Crippen LogP contribution is 2.20. The van der Waals surface area contributed by atoms with Crippen molar-refractivity contribution in [1.82, 2.24) is 4.57 Å². The zero-order valence-electron chi connectivity index (χ0n) is 12.0. The Bertz CT molecular complexity index is 944. The summed E-state index contributed by atoms with van der Waals surface area (Å²) in [7, 11) is -3.54. The largest absolute Gasteiger partial charge is 0.311 e. The minimum absolute atomic E-state index is 0.0741. The van der Waals surface area contributed by atoms with Crippen LogP contribution in [0.5, 0.6) is 0 Å². The maximum Gasteiger partial charge on any atom is 0.271 e. The average Bonchev–Trinajstić information content (AvgIpc) is 3.06. The number of anilines is 1. The van der Waals surface area contributed by atoms with Crippen LogP contribution in [0.2, 0.25) is 0 Å². The van der Waals surface area contributed by atoms with Gasteiger partial charge in [0.15, 0.2) is 0 Å². The second-order valence-electron chi connectivity index (χ2n) is 4.90. The zero-order valence-corrected chi connectivity index (χ0v) is 13.7. The van der Waals surface area contributed by atoms with Crippen LogP contribution >= 0.6 is 11.3 Å². The molecule has 3 rings (SSSR count). The highest BCUT2D eigenvalue weighted by atomic mass is 32.2. The van der Waals surface area contributed by atoms with Crippen molar-refractivity contribution in [2.24, 2.45) is 0 Å². The van der Waals surface area contributed by atoms with Crippen molar-refractivity contribution in [3.63, 3.8) is 0 Å². The summed E-state index contributed by atoms with van der Waals surface area (Å²) in [5.74, 6) is 0. The number of hydrogen-bond donors (Lipinski definition) is 1. The van der Waals surface area contributed by atoms with Gasteiger partial charge in [0.1, 0.15) is 4.21 Å². The first kappa shape index (κ1) is 15.5. The van der Waals surface area contributed by atoms with Crippen LogP contribution in [0.4, 0.5) is 5.69 Å². The first-order chi connectivity index (χ1) is 11.0. The fourth-order valence-corrected chi connectivity index (χ4v) is 4.14. The average molecular weight is 346 g/mol. The maximum absolute atomic E-state index is 12.1. The highest BCUT2D eigenvalue weighted by Gasteiger charge is 2.14. The van der Waals surface area contributed by atoms with E-state index in [4.69, 9.17) is 0 Å². The molecule has 0 aliphatic rings. The molecule has 0 saturated carbocycles. The van der Waals surface area contributed by atoms with Crippen molar-refractivity contribution in [2.45, 2.75) is 10.8 Å². The molecule has 0 aliphatic heterocycles. The highest BCUT2D eigenvalue weighted by molar-refractivity contribution is 7.94. The van der Waals surface area contributed by atoms with Crippen molar-refractivity contribution in [3.05, 3.63) is 82.1 Å². The molecule has 0 spiro atoms. The molecule has 0 amide bonds. The molecule has 0 unspecified atom stereocenters. The Balaban J connectivity index is 1.75. The first-order valence-electron chi connectivity index (χ1n) is 6.85. The number of pyridine rings is 1. The van der Waals surface area contributed by atoms with Crippen LogP contribution < -0.4 is 10.3 Å². The molecule has 2 aromatic heterocycles. The van der Waals surface area contributed by atoms with Crippen LogP contribution in [0, 0.1) is 0 Å². The van der Waals surface area contributed by atoms with Crippen LogP contribution in [0.15, 0.2) is 75.2 Å². The van der Waals surface area contributed by atoms with Gasteiger partial charge in [-0.25, -0.2) is 8.42 Å². The molecule has 3 aromatic rings. The van der Waals surface area contributed by atoms with Crippen molar-refractivity contribution in [3.8, 4) is 0 Å². The van der Waals surface area contributed by atoms with E-state index in [2.05, 4.69) is 4.72 Å². The molecule has 0 aliphatic carbocycles. The maximum atomic E-state index is 12.1. The van der Waals surface area contributed by atoms with E-state index in [-0.39, 0.29) is 9.77 Å². The second-order valence-corrected chi connectivity index (χ2v) is 7.76. The Labute approximate surface area is 137 Å². The van der Waals surface area contributed by atoms with Crippen molar-refractivity contribution < 1.29 is 8.42 Å². The van der Waals surface area contributed by atoms with E-state index in [1.54, 1.807) is 64.7 Å². The summed E-state index contributed by atoms with van der Waals surface area (Å²) < 4.78 is 28.7. The van der Waals surface area contributed by atoms with Gasteiger partial charge in [-0.2, -0.15) is 0 Å². The van der Waals surface area contributed by atoms with E-state index < -0.39 is 10.0 Å². The molecule has 23 heavy (non-hydrogen) atoms. The fraction of sp³-hybridized carbons (Fsp3) is 0.0625. The van der Waals surface area contributed by atoms with Crippen molar-refractivity contribution in [2.75, 3.05) is 4.72 Å². The Kier molecular flexibility index (Phi) is 4.31. The molecule has 0 atom stereocenters. The summed E-state index contributed by atoms with van der Waals surface area (Å²) in [6, 6.07) is 15.2. The molecular weight excluding hydrogens is 332 g/mol. The Morgan fingerprint density at radius 2 is 1.78 bits per heavy atom. The van der Waals surface area contributed by atoms with Crippen LogP contribution in [0.25, 0.3) is 0 Å². The lowest BCUT2D eigenvalue weighted by Gasteiger charge is -2.08. The number of nitrogens with one attached hydrogen (secondary N) is 1. The quantitative estimate of drug-likeness (QED) is 0.772. The number of rotatable bonds is 5. The summed E-state index contributed by atoms with van der Waals surface area (Å²) in [5.41, 5.74) is 1.33. The van der Waals surface area contributed by atoms with Gasteiger partial charge in [-0.3, -0.25) is 9.52 Å². The molecule has 0 radical (unpaired) electrons. The lowest BCUT2D eigenvalue weighted by Crippen LogP contribution is -2.18. The molecule has 0 fully saturated rings. The topological polar surface area (TPSA) is 68.2 Å². The van der Waals surface area contributed by atoms with Crippen LogP contribution in [0.3, 0.4) is 0 Å². The minimum Gasteiger partial charge on any atom is -0.311 e. The smallest absolute Gasteiger partial charge is 0.271 e. The molecule has 1 aromatic carbocycles. The monoisotopic (exact) mass is 346 g/mol. The number of thiophene rings is 1. The standard InChI is InChI=1S/C16H14N2O3S2/c19-15-4-1-2-10-18(15)12-13-6-8-14(9-7-13)17-23(20,21)16-5-3-11-22-16/h1-11,17H,12H2. The van der Waals surface area contributed by atoms with E-state index in [1.165, 1.54) is 17.4 Å². The lowest BCUT2D eigenvalue weighted by atomic mass is 10.2. The molecule has 2 heterocycles. The fourth-order valence-electron chi connectivity index (χ4n) is 2.09. The SMILES string of the molecule is O=c1ccccn1Cc1ccc(NS(=O)(=O)c2cccs2)cc1. The minimum atomic E-state index is -3.54.